The lowest BCUT2D eigenvalue weighted by atomic mass is 10.5. The predicted octanol–water partition coefficient (Wildman–Crippen LogP) is 0.478. The number of H-pyrrole nitrogens is 1. The van der Waals surface area contributed by atoms with E-state index in [-0.39, 0.29) is 0 Å². The monoisotopic (exact) mass is 207 g/mol. The second-order valence-corrected chi connectivity index (χ2v) is 2.93. The fourth-order valence-electron chi connectivity index (χ4n) is 1.31. The summed E-state index contributed by atoms with van der Waals surface area (Å²) in [7, 11) is 5.37. The summed E-state index contributed by atoms with van der Waals surface area (Å²) in [5.41, 5.74) is 1.42. The third-order valence-electron chi connectivity index (χ3n) is 2.05. The largest absolute Gasteiger partial charge is 0.371 e. The maximum absolute atomic E-state index is 4.25. The molecule has 7 nitrogen and oxygen atoms in total. The molecule has 80 valence electrons. The Morgan fingerprint density at radius 2 is 1.73 bits per heavy atom. The van der Waals surface area contributed by atoms with Crippen LogP contribution in [0.3, 0.4) is 0 Å². The highest BCUT2D eigenvalue weighted by atomic mass is 15.2. The first-order valence-corrected chi connectivity index (χ1v) is 4.59. The molecule has 0 bridgehead atoms. The molecule has 2 aromatic heterocycles. The van der Waals surface area contributed by atoms with Crippen molar-refractivity contribution in [2.24, 2.45) is 0 Å². The molecular weight excluding hydrogens is 194 g/mol. The van der Waals surface area contributed by atoms with Crippen LogP contribution in [0.1, 0.15) is 0 Å². The first-order valence-electron chi connectivity index (χ1n) is 4.59. The Kier molecular flexibility index (Phi) is 2.28. The Labute approximate surface area is 86.7 Å². The summed E-state index contributed by atoms with van der Waals surface area (Å²) in [4.78, 5) is 15.8. The van der Waals surface area contributed by atoms with E-state index < -0.39 is 0 Å². The van der Waals surface area contributed by atoms with Crippen LogP contribution in [-0.2, 0) is 0 Å². The van der Waals surface area contributed by atoms with Crippen molar-refractivity contribution in [3.8, 4) is 0 Å². The van der Waals surface area contributed by atoms with E-state index in [4.69, 9.17) is 0 Å². The first kappa shape index (κ1) is 9.50. The SMILES string of the molecule is CNc1nc(NC)c2[nH]c(NC)nc2n1. The number of nitrogens with one attached hydrogen (secondary N) is 4. The molecule has 2 rings (SSSR count). The zero-order valence-corrected chi connectivity index (χ0v) is 8.84. The molecule has 0 atom stereocenters. The smallest absolute Gasteiger partial charge is 0.226 e. The van der Waals surface area contributed by atoms with Gasteiger partial charge in [-0.15, -0.1) is 0 Å². The van der Waals surface area contributed by atoms with Crippen LogP contribution >= 0.6 is 0 Å². The van der Waals surface area contributed by atoms with E-state index in [1.165, 1.54) is 0 Å². The van der Waals surface area contributed by atoms with Crippen molar-refractivity contribution in [1.29, 1.82) is 0 Å². The third kappa shape index (κ3) is 1.51. The number of rotatable bonds is 3. The van der Waals surface area contributed by atoms with Crippen molar-refractivity contribution in [3.05, 3.63) is 0 Å². The molecule has 2 heterocycles. The van der Waals surface area contributed by atoms with Gasteiger partial charge in [0.25, 0.3) is 0 Å². The van der Waals surface area contributed by atoms with Gasteiger partial charge < -0.3 is 20.9 Å². The number of imidazole rings is 1. The Hall–Kier alpha value is -2.05. The topological polar surface area (TPSA) is 90.5 Å². The molecule has 0 aliphatic carbocycles. The highest BCUT2D eigenvalue weighted by molar-refractivity contribution is 5.85. The highest BCUT2D eigenvalue weighted by Gasteiger charge is 2.10. The van der Waals surface area contributed by atoms with Crippen LogP contribution in [0.4, 0.5) is 17.7 Å². The molecule has 0 aliphatic heterocycles. The summed E-state index contributed by atoms with van der Waals surface area (Å²) in [6.45, 7) is 0. The number of hydrogen-bond donors (Lipinski definition) is 4. The summed E-state index contributed by atoms with van der Waals surface area (Å²) in [5.74, 6) is 1.93. The van der Waals surface area contributed by atoms with Gasteiger partial charge in [-0.25, -0.2) is 0 Å². The molecule has 4 N–H and O–H groups in total. The number of aromatic amines is 1. The van der Waals surface area contributed by atoms with Crippen molar-refractivity contribution in [2.75, 3.05) is 37.1 Å². The maximum Gasteiger partial charge on any atom is 0.226 e. The first-order chi connectivity index (χ1) is 7.28. The molecule has 0 saturated carbocycles. The lowest BCUT2D eigenvalue weighted by molar-refractivity contribution is 1.17. The second-order valence-electron chi connectivity index (χ2n) is 2.93. The molecule has 0 unspecified atom stereocenters. The minimum absolute atomic E-state index is 0.543. The lowest BCUT2D eigenvalue weighted by Crippen LogP contribution is -2.01. The van der Waals surface area contributed by atoms with Gasteiger partial charge in [-0.3, -0.25) is 0 Å². The molecular formula is C8H13N7. The van der Waals surface area contributed by atoms with E-state index in [1.54, 1.807) is 21.1 Å². The zero-order valence-electron chi connectivity index (χ0n) is 8.84. The molecule has 0 fully saturated rings. The Balaban J connectivity index is 2.66. The fraction of sp³-hybridized carbons (Fsp3) is 0.375. The molecule has 0 saturated heterocycles. The Bertz CT molecular complexity index is 475. The van der Waals surface area contributed by atoms with Crippen molar-refractivity contribution in [2.45, 2.75) is 0 Å². The highest BCUT2D eigenvalue weighted by Crippen LogP contribution is 2.20. The van der Waals surface area contributed by atoms with Crippen LogP contribution in [0.25, 0.3) is 11.2 Å². The van der Waals surface area contributed by atoms with Gasteiger partial charge in [0.2, 0.25) is 11.9 Å². The van der Waals surface area contributed by atoms with E-state index in [1.807, 2.05) is 0 Å². The van der Waals surface area contributed by atoms with Crippen LogP contribution in [0.5, 0.6) is 0 Å². The zero-order chi connectivity index (χ0) is 10.8. The lowest BCUT2D eigenvalue weighted by Gasteiger charge is -2.02. The molecule has 0 spiro atoms. The minimum atomic E-state index is 0.543. The van der Waals surface area contributed by atoms with Gasteiger partial charge in [0, 0.05) is 21.1 Å². The standard InChI is InChI=1S/C8H13N7/c1-9-5-4-6(14-7(10-2)12-4)15-8(11-3)13-5/h1-3H3,(H4,9,10,11,12,13,14,15). The van der Waals surface area contributed by atoms with Gasteiger partial charge in [-0.1, -0.05) is 0 Å². The average Bonchev–Trinajstić information content (AvgIpc) is 2.70. The minimum Gasteiger partial charge on any atom is -0.371 e. The van der Waals surface area contributed by atoms with Crippen LogP contribution < -0.4 is 16.0 Å². The molecule has 2 aromatic rings. The van der Waals surface area contributed by atoms with Gasteiger partial charge in [0.1, 0.15) is 5.52 Å². The van der Waals surface area contributed by atoms with Gasteiger partial charge >= 0.3 is 0 Å². The molecule has 0 aromatic carbocycles. The summed E-state index contributed by atoms with van der Waals surface area (Å²) in [6, 6.07) is 0. The Morgan fingerprint density at radius 1 is 0.933 bits per heavy atom. The van der Waals surface area contributed by atoms with Gasteiger partial charge in [-0.05, 0) is 0 Å². The maximum atomic E-state index is 4.25. The number of aromatic nitrogens is 4. The molecule has 15 heavy (non-hydrogen) atoms. The number of fused-ring (bicyclic) bond motifs is 1. The average molecular weight is 207 g/mol. The van der Waals surface area contributed by atoms with Gasteiger partial charge in [0.15, 0.2) is 11.5 Å². The normalized spacial score (nSPS) is 10.3. The second kappa shape index (κ2) is 3.60. The fourth-order valence-corrected chi connectivity index (χ4v) is 1.31. The van der Waals surface area contributed by atoms with Gasteiger partial charge in [-0.2, -0.15) is 15.0 Å². The van der Waals surface area contributed by atoms with Crippen LogP contribution in [0.15, 0.2) is 0 Å². The molecule has 0 amide bonds. The number of anilines is 3. The third-order valence-corrected chi connectivity index (χ3v) is 2.05. The van der Waals surface area contributed by atoms with E-state index in [0.717, 1.165) is 11.3 Å². The molecule has 0 radical (unpaired) electrons. The van der Waals surface area contributed by atoms with Crippen LogP contribution in [0.2, 0.25) is 0 Å². The van der Waals surface area contributed by atoms with Crippen molar-refractivity contribution < 1.29 is 0 Å². The molecule has 0 aliphatic rings. The number of nitrogens with zero attached hydrogens (tertiary/aromatic N) is 3. The molecule has 7 heteroatoms. The van der Waals surface area contributed by atoms with E-state index in [0.29, 0.717) is 17.5 Å². The van der Waals surface area contributed by atoms with E-state index in [9.17, 15) is 0 Å². The number of hydrogen-bond acceptors (Lipinski definition) is 6. The van der Waals surface area contributed by atoms with E-state index >= 15 is 0 Å². The van der Waals surface area contributed by atoms with E-state index in [2.05, 4.69) is 35.9 Å². The van der Waals surface area contributed by atoms with Crippen molar-refractivity contribution >= 4 is 28.9 Å². The van der Waals surface area contributed by atoms with Crippen LogP contribution in [0, 0.1) is 0 Å². The summed E-state index contributed by atoms with van der Waals surface area (Å²) < 4.78 is 0. The summed E-state index contributed by atoms with van der Waals surface area (Å²) in [5, 5.41) is 8.80. The Morgan fingerprint density at radius 3 is 2.33 bits per heavy atom. The van der Waals surface area contributed by atoms with Crippen molar-refractivity contribution in [3.63, 3.8) is 0 Å². The quantitative estimate of drug-likeness (QED) is 0.585. The van der Waals surface area contributed by atoms with Crippen molar-refractivity contribution in [1.82, 2.24) is 19.9 Å². The summed E-state index contributed by atoms with van der Waals surface area (Å²) >= 11 is 0. The van der Waals surface area contributed by atoms with Gasteiger partial charge in [0.05, 0.1) is 0 Å². The van der Waals surface area contributed by atoms with Crippen LogP contribution in [-0.4, -0.2) is 41.1 Å². The summed E-state index contributed by atoms with van der Waals surface area (Å²) in [6.07, 6.45) is 0. The predicted molar refractivity (Wildman–Crippen MR) is 60.3 cm³/mol.